The molecule has 0 spiro atoms. The van der Waals surface area contributed by atoms with E-state index in [1.165, 1.54) is 30.4 Å². The minimum Gasteiger partial charge on any atom is -0.379 e. The third-order valence-corrected chi connectivity index (χ3v) is 4.57. The molecule has 1 aromatic rings. The van der Waals surface area contributed by atoms with E-state index in [0.717, 1.165) is 17.5 Å². The summed E-state index contributed by atoms with van der Waals surface area (Å²) in [6.45, 7) is 0.201. The van der Waals surface area contributed by atoms with Crippen molar-refractivity contribution in [2.45, 2.75) is 38.3 Å². The van der Waals surface area contributed by atoms with Gasteiger partial charge in [-0.1, -0.05) is 5.92 Å². The number of anilines is 1. The van der Waals surface area contributed by atoms with Gasteiger partial charge in [0.2, 0.25) is 0 Å². The third kappa shape index (κ3) is 2.69. The van der Waals surface area contributed by atoms with Gasteiger partial charge in [0.1, 0.15) is 11.0 Å². The van der Waals surface area contributed by atoms with E-state index in [1.54, 1.807) is 6.20 Å². The molecule has 1 heterocycles. The lowest BCUT2D eigenvalue weighted by Gasteiger charge is -2.19. The Morgan fingerprint density at radius 2 is 2.11 bits per heavy atom. The van der Waals surface area contributed by atoms with Gasteiger partial charge >= 0.3 is 0 Å². The quantitative estimate of drug-likeness (QED) is 0.846. The number of nitrogens with one attached hydrogen (secondary N) is 1. The fourth-order valence-corrected chi connectivity index (χ4v) is 2.90. The number of aromatic nitrogens is 2. The van der Waals surface area contributed by atoms with Gasteiger partial charge in [0.15, 0.2) is 0 Å². The highest BCUT2D eigenvalue weighted by atomic mass is 79.9. The zero-order valence-electron chi connectivity index (χ0n) is 10.6. The van der Waals surface area contributed by atoms with E-state index in [2.05, 4.69) is 32.3 Å². The molecule has 0 aromatic carbocycles. The van der Waals surface area contributed by atoms with Gasteiger partial charge in [-0.3, -0.25) is 4.79 Å². The van der Waals surface area contributed by atoms with E-state index in [0.29, 0.717) is 10.5 Å². The predicted octanol–water partition coefficient (Wildman–Crippen LogP) is 2.24. The maximum absolute atomic E-state index is 12.0. The van der Waals surface area contributed by atoms with E-state index in [4.69, 9.17) is 6.42 Å². The second kappa shape index (κ2) is 5.01. The van der Waals surface area contributed by atoms with Crippen molar-refractivity contribution in [2.75, 3.05) is 5.32 Å². The number of hydrogen-bond donors (Lipinski definition) is 1. The Hall–Kier alpha value is -1.28. The molecule has 0 aliphatic heterocycles. The first kappa shape index (κ1) is 12.7. The van der Waals surface area contributed by atoms with Gasteiger partial charge < -0.3 is 5.32 Å². The first-order valence-corrected chi connectivity index (χ1v) is 7.45. The Labute approximate surface area is 120 Å². The number of nitrogens with zero attached hydrogens (tertiary/aromatic N) is 2. The van der Waals surface area contributed by atoms with Crippen LogP contribution in [-0.4, -0.2) is 15.8 Å². The molecule has 3 rings (SSSR count). The van der Waals surface area contributed by atoms with Crippen LogP contribution in [0, 0.1) is 24.2 Å². The second-order valence-corrected chi connectivity index (χ2v) is 6.18. The summed E-state index contributed by atoms with van der Waals surface area (Å²) in [6.07, 6.45) is 12.1. The number of halogens is 1. The van der Waals surface area contributed by atoms with E-state index in [9.17, 15) is 4.79 Å². The largest absolute Gasteiger partial charge is 0.379 e. The Morgan fingerprint density at radius 3 is 2.63 bits per heavy atom. The lowest BCUT2D eigenvalue weighted by atomic mass is 10.1. The van der Waals surface area contributed by atoms with Crippen LogP contribution in [0.25, 0.3) is 0 Å². The molecule has 1 N–H and O–H groups in total. The molecule has 0 bridgehead atoms. The maximum Gasteiger partial charge on any atom is 0.284 e. The molecule has 4 nitrogen and oxygen atoms in total. The van der Waals surface area contributed by atoms with Crippen LogP contribution in [0.4, 0.5) is 5.69 Å². The van der Waals surface area contributed by atoms with Crippen LogP contribution in [0.1, 0.15) is 25.7 Å². The van der Waals surface area contributed by atoms with Crippen LogP contribution in [0.3, 0.4) is 0 Å². The normalized spacial score (nSPS) is 18.4. The molecule has 2 aliphatic carbocycles. The molecular formula is C14H16BrN3O. The highest BCUT2D eigenvalue weighted by molar-refractivity contribution is 9.10. The molecular weight excluding hydrogens is 306 g/mol. The standard InChI is InChI=1S/C14H16BrN3O/c1-2-7-18-14(19)12(15)11(8-16-18)17-13(9-3-4-9)10-5-6-10/h1,8-10,13,17H,3-7H2. The molecule has 100 valence electrons. The Bertz CT molecular complexity index is 569. The number of rotatable bonds is 5. The molecule has 19 heavy (non-hydrogen) atoms. The Balaban J connectivity index is 1.82. The fourth-order valence-electron chi connectivity index (χ4n) is 2.48. The van der Waals surface area contributed by atoms with Crippen LogP contribution >= 0.6 is 15.9 Å². The summed E-state index contributed by atoms with van der Waals surface area (Å²) in [5.41, 5.74) is 0.621. The Kier molecular flexibility index (Phi) is 3.36. The van der Waals surface area contributed by atoms with Crippen LogP contribution in [0.15, 0.2) is 15.5 Å². The number of hydrogen-bond acceptors (Lipinski definition) is 3. The predicted molar refractivity (Wildman–Crippen MR) is 77.9 cm³/mol. The van der Waals surface area contributed by atoms with Crippen molar-refractivity contribution >= 4 is 21.6 Å². The van der Waals surface area contributed by atoms with Gasteiger partial charge in [0, 0.05) is 6.04 Å². The molecule has 0 saturated heterocycles. The van der Waals surface area contributed by atoms with Crippen molar-refractivity contribution in [3.63, 3.8) is 0 Å². The van der Waals surface area contributed by atoms with E-state index in [1.807, 2.05) is 0 Å². The van der Waals surface area contributed by atoms with Crippen LogP contribution < -0.4 is 10.9 Å². The number of terminal acetylenes is 1. The molecule has 0 atom stereocenters. The first-order chi connectivity index (χ1) is 9.20. The summed E-state index contributed by atoms with van der Waals surface area (Å²) in [6, 6.07) is 0.501. The van der Waals surface area contributed by atoms with Gasteiger partial charge in [-0.15, -0.1) is 6.42 Å². The highest BCUT2D eigenvalue weighted by Gasteiger charge is 2.41. The SMILES string of the molecule is C#CCn1ncc(NC(C2CC2)C2CC2)c(Br)c1=O. The molecule has 2 aliphatic rings. The summed E-state index contributed by atoms with van der Waals surface area (Å²) < 4.78 is 1.82. The Morgan fingerprint density at radius 1 is 1.47 bits per heavy atom. The van der Waals surface area contributed by atoms with Crippen molar-refractivity contribution in [3.8, 4) is 12.3 Å². The topological polar surface area (TPSA) is 46.9 Å². The minimum absolute atomic E-state index is 0.173. The molecule has 0 unspecified atom stereocenters. The van der Waals surface area contributed by atoms with Gasteiger partial charge in [-0.05, 0) is 53.4 Å². The smallest absolute Gasteiger partial charge is 0.284 e. The van der Waals surface area contributed by atoms with Crippen molar-refractivity contribution in [1.29, 1.82) is 0 Å². The molecule has 0 radical (unpaired) electrons. The minimum atomic E-state index is -0.173. The lowest BCUT2D eigenvalue weighted by Crippen LogP contribution is -2.28. The van der Waals surface area contributed by atoms with E-state index >= 15 is 0 Å². The summed E-state index contributed by atoms with van der Waals surface area (Å²) in [5, 5.41) is 7.62. The average molecular weight is 322 g/mol. The second-order valence-electron chi connectivity index (χ2n) is 5.38. The van der Waals surface area contributed by atoms with Crippen LogP contribution in [0.2, 0.25) is 0 Å². The zero-order valence-corrected chi connectivity index (χ0v) is 12.2. The van der Waals surface area contributed by atoms with Gasteiger partial charge in [0.25, 0.3) is 5.56 Å². The third-order valence-electron chi connectivity index (χ3n) is 3.81. The van der Waals surface area contributed by atoms with Crippen molar-refractivity contribution < 1.29 is 0 Å². The highest BCUT2D eigenvalue weighted by Crippen LogP contribution is 2.46. The molecule has 5 heteroatoms. The van der Waals surface area contributed by atoms with E-state index < -0.39 is 0 Å². The van der Waals surface area contributed by atoms with Gasteiger partial charge in [0.05, 0.1) is 11.9 Å². The van der Waals surface area contributed by atoms with Crippen molar-refractivity contribution in [3.05, 3.63) is 21.0 Å². The summed E-state index contributed by atoms with van der Waals surface area (Å²) >= 11 is 3.36. The summed E-state index contributed by atoms with van der Waals surface area (Å²) in [5.74, 6) is 3.97. The maximum atomic E-state index is 12.0. The van der Waals surface area contributed by atoms with Crippen LogP contribution in [-0.2, 0) is 6.54 Å². The lowest BCUT2D eigenvalue weighted by molar-refractivity contribution is 0.565. The average Bonchev–Trinajstić information content (AvgIpc) is 3.27. The molecule has 2 fully saturated rings. The fraction of sp³-hybridized carbons (Fsp3) is 0.571. The molecule has 1 aromatic heterocycles. The van der Waals surface area contributed by atoms with E-state index in [-0.39, 0.29) is 12.1 Å². The van der Waals surface area contributed by atoms with Crippen LogP contribution in [0.5, 0.6) is 0 Å². The van der Waals surface area contributed by atoms with Gasteiger partial charge in [-0.2, -0.15) is 5.10 Å². The van der Waals surface area contributed by atoms with Crippen molar-refractivity contribution in [2.24, 2.45) is 11.8 Å². The molecule has 0 amide bonds. The molecule has 2 saturated carbocycles. The first-order valence-electron chi connectivity index (χ1n) is 6.66. The zero-order chi connectivity index (χ0) is 13.4. The summed E-state index contributed by atoms with van der Waals surface area (Å²) in [7, 11) is 0. The monoisotopic (exact) mass is 321 g/mol. The summed E-state index contributed by atoms with van der Waals surface area (Å²) in [4.78, 5) is 12.0. The van der Waals surface area contributed by atoms with Crippen molar-refractivity contribution in [1.82, 2.24) is 9.78 Å². The van der Waals surface area contributed by atoms with Gasteiger partial charge in [-0.25, -0.2) is 4.68 Å².